The molecule has 2 aromatic carbocycles. The fourth-order valence-electron chi connectivity index (χ4n) is 2.07. The second-order valence-corrected chi connectivity index (χ2v) is 5.81. The molecule has 0 saturated carbocycles. The highest BCUT2D eigenvalue weighted by Gasteiger charge is 2.10. The highest BCUT2D eigenvalue weighted by atomic mass is 32.2. The molecule has 0 radical (unpaired) electrons. The first-order valence-corrected chi connectivity index (χ1v) is 7.83. The van der Waals surface area contributed by atoms with E-state index in [2.05, 4.69) is 13.0 Å². The van der Waals surface area contributed by atoms with E-state index in [0.29, 0.717) is 10.6 Å². The molecule has 1 unspecified atom stereocenters. The van der Waals surface area contributed by atoms with Crippen LogP contribution in [0.15, 0.2) is 53.4 Å². The third-order valence-corrected chi connectivity index (χ3v) is 4.23. The highest BCUT2D eigenvalue weighted by molar-refractivity contribution is 7.99. The standard InChI is InChI=1S/C17H19FOS/c1-2-6-13-7-5-8-14(11-13)16(19)12-20-17-10-4-3-9-15(17)18/h3-5,7-11,16,19H,2,6,12H2,1H3. The normalized spacial score (nSPS) is 12.3. The van der Waals surface area contributed by atoms with Crippen molar-refractivity contribution in [3.63, 3.8) is 0 Å². The third kappa shape index (κ3) is 4.09. The van der Waals surface area contributed by atoms with Crippen molar-refractivity contribution < 1.29 is 9.50 Å². The summed E-state index contributed by atoms with van der Waals surface area (Å²) in [6.07, 6.45) is 1.53. The van der Waals surface area contributed by atoms with E-state index in [1.54, 1.807) is 18.2 Å². The predicted octanol–water partition coefficient (Wildman–Crippen LogP) is 4.60. The first-order valence-electron chi connectivity index (χ1n) is 6.85. The van der Waals surface area contributed by atoms with Gasteiger partial charge in [-0.2, -0.15) is 0 Å². The number of aliphatic hydroxyl groups excluding tert-OH is 1. The first-order chi connectivity index (χ1) is 9.70. The number of hydrogen-bond acceptors (Lipinski definition) is 2. The third-order valence-electron chi connectivity index (χ3n) is 3.11. The maximum absolute atomic E-state index is 13.5. The summed E-state index contributed by atoms with van der Waals surface area (Å²) >= 11 is 1.34. The van der Waals surface area contributed by atoms with Crippen LogP contribution < -0.4 is 0 Å². The van der Waals surface area contributed by atoms with Gasteiger partial charge in [0.1, 0.15) is 5.82 Å². The molecule has 0 saturated heterocycles. The van der Waals surface area contributed by atoms with Gasteiger partial charge in [0.2, 0.25) is 0 Å². The Labute approximate surface area is 123 Å². The van der Waals surface area contributed by atoms with Crippen LogP contribution in [0, 0.1) is 5.82 Å². The number of thioether (sulfide) groups is 1. The van der Waals surface area contributed by atoms with Crippen LogP contribution in [-0.4, -0.2) is 10.9 Å². The fourth-order valence-corrected chi connectivity index (χ4v) is 2.98. The quantitative estimate of drug-likeness (QED) is 0.784. The fraction of sp³-hybridized carbons (Fsp3) is 0.294. The van der Waals surface area contributed by atoms with E-state index in [-0.39, 0.29) is 5.82 Å². The molecule has 3 heteroatoms. The Morgan fingerprint density at radius 1 is 1.15 bits per heavy atom. The van der Waals surface area contributed by atoms with Gasteiger partial charge in [-0.15, -0.1) is 11.8 Å². The lowest BCUT2D eigenvalue weighted by molar-refractivity contribution is 0.204. The molecule has 1 nitrogen and oxygen atoms in total. The van der Waals surface area contributed by atoms with E-state index in [9.17, 15) is 9.50 Å². The average Bonchev–Trinajstić information content (AvgIpc) is 2.47. The van der Waals surface area contributed by atoms with Gasteiger partial charge in [-0.1, -0.05) is 49.7 Å². The van der Waals surface area contributed by atoms with Crippen LogP contribution in [0.25, 0.3) is 0 Å². The molecule has 106 valence electrons. The van der Waals surface area contributed by atoms with Crippen LogP contribution >= 0.6 is 11.8 Å². The molecule has 0 aliphatic rings. The topological polar surface area (TPSA) is 20.2 Å². The Balaban J connectivity index is 1.99. The van der Waals surface area contributed by atoms with Gasteiger partial charge in [-0.3, -0.25) is 0 Å². The zero-order valence-corrected chi connectivity index (χ0v) is 12.4. The summed E-state index contributed by atoms with van der Waals surface area (Å²) in [6, 6.07) is 14.7. The Morgan fingerprint density at radius 3 is 2.70 bits per heavy atom. The molecular formula is C17H19FOS. The molecule has 0 bridgehead atoms. The molecule has 2 aromatic rings. The van der Waals surface area contributed by atoms with E-state index in [0.717, 1.165) is 18.4 Å². The Bertz CT molecular complexity index is 556. The molecular weight excluding hydrogens is 271 g/mol. The molecule has 0 heterocycles. The minimum Gasteiger partial charge on any atom is -0.388 e. The molecule has 20 heavy (non-hydrogen) atoms. The van der Waals surface area contributed by atoms with E-state index in [1.165, 1.54) is 23.4 Å². The van der Waals surface area contributed by atoms with E-state index >= 15 is 0 Å². The van der Waals surface area contributed by atoms with Gasteiger partial charge in [0.15, 0.2) is 0 Å². The maximum Gasteiger partial charge on any atom is 0.136 e. The number of halogens is 1. The molecule has 1 N–H and O–H groups in total. The molecule has 0 aliphatic heterocycles. The molecule has 2 rings (SSSR count). The van der Waals surface area contributed by atoms with Crippen LogP contribution in [0.1, 0.15) is 30.6 Å². The summed E-state index contributed by atoms with van der Waals surface area (Å²) in [6.45, 7) is 2.14. The van der Waals surface area contributed by atoms with Crippen LogP contribution in [0.4, 0.5) is 4.39 Å². The SMILES string of the molecule is CCCc1cccc(C(O)CSc2ccccc2F)c1. The zero-order chi connectivity index (χ0) is 14.4. The van der Waals surface area contributed by atoms with Crippen molar-refractivity contribution in [1.82, 2.24) is 0 Å². The summed E-state index contributed by atoms with van der Waals surface area (Å²) in [7, 11) is 0. The summed E-state index contributed by atoms with van der Waals surface area (Å²) < 4.78 is 13.5. The van der Waals surface area contributed by atoms with Crippen molar-refractivity contribution in [3.8, 4) is 0 Å². The lowest BCUT2D eigenvalue weighted by Crippen LogP contribution is -2.01. The Kier molecular flexibility index (Phi) is 5.62. The van der Waals surface area contributed by atoms with E-state index in [1.807, 2.05) is 18.2 Å². The number of aryl methyl sites for hydroxylation is 1. The van der Waals surface area contributed by atoms with E-state index in [4.69, 9.17) is 0 Å². The number of benzene rings is 2. The van der Waals surface area contributed by atoms with Crippen molar-refractivity contribution in [2.75, 3.05) is 5.75 Å². The van der Waals surface area contributed by atoms with Gasteiger partial charge in [0, 0.05) is 10.6 Å². The second kappa shape index (κ2) is 7.46. The summed E-state index contributed by atoms with van der Waals surface area (Å²) in [5.74, 6) is 0.223. The van der Waals surface area contributed by atoms with Crippen molar-refractivity contribution in [1.29, 1.82) is 0 Å². The van der Waals surface area contributed by atoms with Gasteiger partial charge < -0.3 is 5.11 Å². The summed E-state index contributed by atoms with van der Waals surface area (Å²) in [5.41, 5.74) is 2.14. The number of rotatable bonds is 6. The monoisotopic (exact) mass is 290 g/mol. The predicted molar refractivity (Wildman–Crippen MR) is 82.5 cm³/mol. The van der Waals surface area contributed by atoms with E-state index < -0.39 is 6.10 Å². The largest absolute Gasteiger partial charge is 0.388 e. The summed E-state index contributed by atoms with van der Waals surface area (Å²) in [4.78, 5) is 0.580. The maximum atomic E-state index is 13.5. The van der Waals surface area contributed by atoms with Gasteiger partial charge in [0.25, 0.3) is 0 Å². The average molecular weight is 290 g/mol. The lowest BCUT2D eigenvalue weighted by Gasteiger charge is -2.12. The molecule has 1 atom stereocenters. The van der Waals surface area contributed by atoms with Crippen LogP contribution in [-0.2, 0) is 6.42 Å². The van der Waals surface area contributed by atoms with Crippen molar-refractivity contribution in [3.05, 3.63) is 65.5 Å². The smallest absolute Gasteiger partial charge is 0.136 e. The number of hydrogen-bond donors (Lipinski definition) is 1. The minimum absolute atomic E-state index is 0.232. The van der Waals surface area contributed by atoms with Gasteiger partial charge in [-0.05, 0) is 29.7 Å². The molecule has 0 fully saturated rings. The molecule has 0 spiro atoms. The van der Waals surface area contributed by atoms with Crippen LogP contribution in [0.5, 0.6) is 0 Å². The molecule has 0 amide bonds. The van der Waals surface area contributed by atoms with Crippen LogP contribution in [0.3, 0.4) is 0 Å². The lowest BCUT2D eigenvalue weighted by atomic mass is 10.0. The first kappa shape index (κ1) is 15.1. The minimum atomic E-state index is -0.573. The van der Waals surface area contributed by atoms with Crippen LogP contribution in [0.2, 0.25) is 0 Å². The molecule has 0 aliphatic carbocycles. The van der Waals surface area contributed by atoms with Crippen molar-refractivity contribution in [2.24, 2.45) is 0 Å². The van der Waals surface area contributed by atoms with Crippen molar-refractivity contribution in [2.45, 2.75) is 30.8 Å². The van der Waals surface area contributed by atoms with Gasteiger partial charge in [0.05, 0.1) is 6.10 Å². The Hall–Kier alpha value is -1.32. The van der Waals surface area contributed by atoms with Crippen molar-refractivity contribution >= 4 is 11.8 Å². The summed E-state index contributed by atoms with van der Waals surface area (Å²) in [5, 5.41) is 10.2. The number of aliphatic hydroxyl groups is 1. The second-order valence-electron chi connectivity index (χ2n) is 4.75. The highest BCUT2D eigenvalue weighted by Crippen LogP contribution is 2.27. The van der Waals surface area contributed by atoms with Gasteiger partial charge in [-0.25, -0.2) is 4.39 Å². The zero-order valence-electron chi connectivity index (χ0n) is 11.6. The van der Waals surface area contributed by atoms with Gasteiger partial charge >= 0.3 is 0 Å². The molecule has 0 aromatic heterocycles. The Morgan fingerprint density at radius 2 is 1.95 bits per heavy atom.